The Morgan fingerprint density at radius 1 is 0.355 bits per heavy atom. The van der Waals surface area contributed by atoms with Gasteiger partial charge in [0.15, 0.2) is 11.7 Å². The van der Waals surface area contributed by atoms with Gasteiger partial charge < -0.3 is 81.6 Å². The van der Waals surface area contributed by atoms with Crippen molar-refractivity contribution in [3.8, 4) is 0 Å². The molecule has 0 spiro atoms. The van der Waals surface area contributed by atoms with Crippen LogP contribution in [-0.4, -0.2) is 234 Å². The van der Waals surface area contributed by atoms with E-state index in [1.807, 2.05) is 107 Å². The summed E-state index contributed by atoms with van der Waals surface area (Å²) in [5.41, 5.74) is 1.64. The summed E-state index contributed by atoms with van der Waals surface area (Å²) in [7, 11) is 0. The van der Waals surface area contributed by atoms with Crippen molar-refractivity contribution in [1.29, 1.82) is 0 Å². The smallest absolute Gasteiger partial charge is 0.233 e. The first-order valence-electron chi connectivity index (χ1n) is 35.8. The van der Waals surface area contributed by atoms with Crippen LogP contribution in [0, 0.1) is 0 Å². The molecule has 0 saturated heterocycles. The van der Waals surface area contributed by atoms with Crippen molar-refractivity contribution >= 4 is 17.4 Å². The Hall–Kier alpha value is -2.94. The van der Waals surface area contributed by atoms with Crippen LogP contribution in [0.5, 0.6) is 0 Å². The van der Waals surface area contributed by atoms with Crippen LogP contribution in [0.1, 0.15) is 213 Å². The van der Waals surface area contributed by atoms with Crippen LogP contribution in [0.25, 0.3) is 0 Å². The average molecular weight is 1330 g/mol. The number of ether oxygens (including phenoxy) is 14. The molecule has 2 heterocycles. The molecule has 3 N–H and O–H groups in total. The van der Waals surface area contributed by atoms with E-state index >= 15 is 0 Å². The summed E-state index contributed by atoms with van der Waals surface area (Å²) in [5, 5.41) is 33.0. The van der Waals surface area contributed by atoms with Gasteiger partial charge in [0.2, 0.25) is 5.88 Å². The number of nitrogens with zero attached hydrogens (tertiary/aromatic N) is 4. The standard InChI is InChI=1S/C72H132N4O17/c1-17-18-19-20-21-22-23-24-25-26-27-28-29-30-35-69(92-50-65(15)90-48-63(13)88-46-61(11)85-43-57(7)81-39-53(3)78)72-73-68-34-32-31-33-67(68)71-74-70(93-51-66(16)91-49-64(14)89-47-62(12)86-44-58(8)82-40-54(4)79)37-75(76(71)72)36-55(5)83-41-59(9)87-45-60(10)84-42-56(6)80-38-52(2)77/h31-34,37,52-66,69,77-79H,17-30,35-36,38-51H2,1-16H3. The maximum Gasteiger partial charge on any atom is 0.233 e. The number of rotatable bonds is 60. The van der Waals surface area contributed by atoms with E-state index in [1.165, 1.54) is 70.6 Å². The van der Waals surface area contributed by atoms with Crippen molar-refractivity contribution in [3.05, 3.63) is 41.9 Å². The highest BCUT2D eigenvalue weighted by molar-refractivity contribution is 6.16. The zero-order valence-corrected chi connectivity index (χ0v) is 60.7. The Bertz CT molecular complexity index is 2110. The Labute approximate surface area is 562 Å². The van der Waals surface area contributed by atoms with Crippen molar-refractivity contribution in [1.82, 2.24) is 10.0 Å². The third kappa shape index (κ3) is 39.9. The largest absolute Gasteiger partial charge is 0.474 e. The molecule has 0 aliphatic carbocycles. The summed E-state index contributed by atoms with van der Waals surface area (Å²) in [4.78, 5) is 10.7. The van der Waals surface area contributed by atoms with Crippen molar-refractivity contribution in [2.24, 2.45) is 9.98 Å². The Morgan fingerprint density at radius 2 is 0.667 bits per heavy atom. The van der Waals surface area contributed by atoms with Gasteiger partial charge in [-0.1, -0.05) is 109 Å². The second-order valence-electron chi connectivity index (χ2n) is 26.6. The second kappa shape index (κ2) is 50.4. The van der Waals surface area contributed by atoms with Gasteiger partial charge in [-0.3, -0.25) is 5.01 Å². The van der Waals surface area contributed by atoms with E-state index in [4.69, 9.17) is 76.3 Å². The molecule has 542 valence electrons. The number of amidine groups is 2. The number of unbranched alkanes of at least 4 members (excludes halogenated alkanes) is 13. The van der Waals surface area contributed by atoms with E-state index in [2.05, 4.69) is 23.9 Å². The van der Waals surface area contributed by atoms with Gasteiger partial charge in [-0.05, 0) is 122 Å². The molecule has 0 aromatic heterocycles. The third-order valence-electron chi connectivity index (χ3n) is 15.5. The monoisotopic (exact) mass is 1320 g/mol. The molecule has 0 amide bonds. The van der Waals surface area contributed by atoms with Gasteiger partial charge in [0, 0.05) is 5.56 Å². The number of aliphatic hydroxyl groups is 3. The molecule has 3 rings (SSSR count). The number of hydrogen-bond donors (Lipinski definition) is 3. The SMILES string of the molecule is CCCCCCCCCCCCCCCCC(OCC(C)OCC(C)OCC(C)OCC(C)OCC(C)O)C1=Nc2ccccc2C2=NC(OCC(C)OCC(C)OCC(C)OCC(C)OCC(C)O)=CN(CC(C)OCC(C)OCC(C)OCC(C)OCC(C)O)N21. The molecular weight excluding hydrogens is 1190 g/mol. The molecule has 0 radical (unpaired) electrons. The predicted octanol–water partition coefficient (Wildman–Crippen LogP) is 12.1. The summed E-state index contributed by atoms with van der Waals surface area (Å²) >= 11 is 0. The fraction of sp³-hybridized carbons (Fsp3) is 0.861. The number of fused-ring (bicyclic) bond motifs is 3. The van der Waals surface area contributed by atoms with E-state index in [9.17, 15) is 15.3 Å². The normalized spacial score (nSPS) is 18.7. The summed E-state index contributed by atoms with van der Waals surface area (Å²) in [6.07, 6.45) is 15.9. The Balaban J connectivity index is 1.83. The number of benzene rings is 1. The zero-order valence-electron chi connectivity index (χ0n) is 60.7. The van der Waals surface area contributed by atoms with E-state index in [1.54, 1.807) is 20.8 Å². The zero-order chi connectivity index (χ0) is 68.3. The number of aliphatic hydroxyl groups excluding tert-OH is 3. The van der Waals surface area contributed by atoms with Crippen molar-refractivity contribution in [2.45, 2.75) is 305 Å². The fourth-order valence-electron chi connectivity index (χ4n) is 9.96. The lowest BCUT2D eigenvalue weighted by Crippen LogP contribution is -2.56. The number of para-hydroxylation sites is 1. The van der Waals surface area contributed by atoms with Crippen LogP contribution in [0.2, 0.25) is 0 Å². The summed E-state index contributed by atoms with van der Waals surface area (Å²) in [5.74, 6) is 1.80. The molecule has 21 heteroatoms. The van der Waals surface area contributed by atoms with Crippen LogP contribution in [0.4, 0.5) is 5.69 Å². The van der Waals surface area contributed by atoms with Crippen molar-refractivity contribution in [2.75, 3.05) is 99.0 Å². The molecular formula is C72H132N4O17. The lowest BCUT2D eigenvalue weighted by Gasteiger charge is -2.44. The summed E-state index contributed by atoms with van der Waals surface area (Å²) in [6.45, 7) is 36.2. The van der Waals surface area contributed by atoms with Crippen molar-refractivity contribution < 1.29 is 81.6 Å². The predicted molar refractivity (Wildman–Crippen MR) is 367 cm³/mol. The summed E-state index contributed by atoms with van der Waals surface area (Å²) in [6, 6.07) is 8.08. The van der Waals surface area contributed by atoms with E-state index < -0.39 is 24.4 Å². The molecule has 0 saturated carbocycles. The van der Waals surface area contributed by atoms with Crippen LogP contribution in [0.3, 0.4) is 0 Å². The minimum atomic E-state index is -0.537. The van der Waals surface area contributed by atoms with Crippen LogP contribution >= 0.6 is 0 Å². The minimum Gasteiger partial charge on any atom is -0.474 e. The molecule has 2 aliphatic heterocycles. The van der Waals surface area contributed by atoms with Gasteiger partial charge in [0.25, 0.3) is 0 Å². The molecule has 16 unspecified atom stereocenters. The molecule has 2 aliphatic rings. The minimum absolute atomic E-state index is 0.146. The van der Waals surface area contributed by atoms with Gasteiger partial charge in [-0.2, -0.15) is 4.99 Å². The first-order chi connectivity index (χ1) is 44.5. The highest BCUT2D eigenvalue weighted by Crippen LogP contribution is 2.34. The average Bonchev–Trinajstić information content (AvgIpc) is 0.754. The number of hydrazine groups is 1. The Morgan fingerprint density at radius 3 is 1.03 bits per heavy atom. The molecule has 93 heavy (non-hydrogen) atoms. The van der Waals surface area contributed by atoms with Gasteiger partial charge in [0.1, 0.15) is 12.7 Å². The molecule has 1 aromatic carbocycles. The topological polar surface area (TPSA) is 221 Å². The van der Waals surface area contributed by atoms with Crippen LogP contribution in [-0.2, 0) is 66.3 Å². The number of aliphatic imine (C=N–C) groups is 2. The summed E-state index contributed by atoms with van der Waals surface area (Å²) < 4.78 is 86.3. The van der Waals surface area contributed by atoms with Gasteiger partial charge in [-0.25, -0.2) is 10.0 Å². The molecule has 21 nitrogen and oxygen atoms in total. The van der Waals surface area contributed by atoms with E-state index in [0.29, 0.717) is 90.2 Å². The second-order valence-corrected chi connectivity index (χ2v) is 26.6. The number of hydrogen-bond acceptors (Lipinski definition) is 21. The van der Waals surface area contributed by atoms with Gasteiger partial charge in [0.05, 0.1) is 196 Å². The maximum absolute atomic E-state index is 9.62. The molecule has 0 fully saturated rings. The van der Waals surface area contributed by atoms with Gasteiger partial charge >= 0.3 is 0 Å². The lowest BCUT2D eigenvalue weighted by molar-refractivity contribution is -0.0981. The fourth-order valence-corrected chi connectivity index (χ4v) is 9.96. The van der Waals surface area contributed by atoms with Crippen molar-refractivity contribution in [3.63, 3.8) is 0 Å². The highest BCUT2D eigenvalue weighted by atomic mass is 16.6. The van der Waals surface area contributed by atoms with E-state index in [-0.39, 0.29) is 99.7 Å². The quantitative estimate of drug-likeness (QED) is 0.0516. The maximum atomic E-state index is 9.62. The molecule has 16 atom stereocenters. The Kier molecular flexibility index (Phi) is 45.7. The highest BCUT2D eigenvalue weighted by Gasteiger charge is 2.39. The van der Waals surface area contributed by atoms with Gasteiger partial charge in [-0.15, -0.1) is 0 Å². The first-order valence-corrected chi connectivity index (χ1v) is 35.8. The van der Waals surface area contributed by atoms with Crippen LogP contribution < -0.4 is 0 Å². The molecule has 1 aromatic rings. The van der Waals surface area contributed by atoms with E-state index in [0.717, 1.165) is 36.9 Å². The van der Waals surface area contributed by atoms with Crippen LogP contribution in [0.15, 0.2) is 46.3 Å². The molecule has 0 bridgehead atoms. The third-order valence-corrected chi connectivity index (χ3v) is 15.5. The lowest BCUT2D eigenvalue weighted by atomic mass is 10.0. The first kappa shape index (κ1) is 84.3.